The molecule has 0 atom stereocenters. The van der Waals surface area contributed by atoms with Crippen molar-refractivity contribution in [2.24, 2.45) is 7.05 Å². The van der Waals surface area contributed by atoms with Crippen LogP contribution in [0.3, 0.4) is 0 Å². The quantitative estimate of drug-likeness (QED) is 0.266. The number of aryl methyl sites for hydroxylation is 1. The number of hydrogen-bond acceptors (Lipinski definition) is 3. The minimum atomic E-state index is -0.882. The fourth-order valence-corrected chi connectivity index (χ4v) is 4.09. The average Bonchev–Trinajstić information content (AvgIpc) is 3.18. The van der Waals surface area contributed by atoms with Crippen molar-refractivity contribution in [3.8, 4) is 22.6 Å². The Kier molecular flexibility index (Phi) is 5.97. The number of halogens is 4. The van der Waals surface area contributed by atoms with Crippen molar-refractivity contribution in [2.75, 3.05) is 5.32 Å². The highest BCUT2D eigenvalue weighted by molar-refractivity contribution is 5.97. The molecule has 2 aromatic heterocycles. The lowest BCUT2D eigenvalue weighted by atomic mass is 10.0. The summed E-state index contributed by atoms with van der Waals surface area (Å²) in [5, 5.41) is 3.61. The molecule has 5 aromatic rings. The number of anilines is 1. The summed E-state index contributed by atoms with van der Waals surface area (Å²) in [5.74, 6) is -2.94. The average molecular weight is 493 g/mol. The lowest BCUT2D eigenvalue weighted by Crippen LogP contribution is -2.07. The maximum absolute atomic E-state index is 14.3. The highest BCUT2D eigenvalue weighted by Crippen LogP contribution is 2.39. The van der Waals surface area contributed by atoms with E-state index < -0.39 is 23.3 Å². The van der Waals surface area contributed by atoms with Gasteiger partial charge in [0.1, 0.15) is 28.7 Å². The number of nitrogens with zero attached hydrogens (tertiary/aromatic N) is 1. The van der Waals surface area contributed by atoms with E-state index in [9.17, 15) is 22.4 Å². The first-order chi connectivity index (χ1) is 17.3. The zero-order valence-electron chi connectivity index (χ0n) is 18.9. The van der Waals surface area contributed by atoms with Crippen molar-refractivity contribution in [2.45, 2.75) is 6.54 Å². The Bertz CT molecular complexity index is 1640. The number of rotatable bonds is 6. The normalized spacial score (nSPS) is 11.1. The van der Waals surface area contributed by atoms with Gasteiger partial charge in [0.25, 0.3) is 5.56 Å². The van der Waals surface area contributed by atoms with Gasteiger partial charge in [-0.05, 0) is 48.5 Å². The van der Waals surface area contributed by atoms with Gasteiger partial charge in [0, 0.05) is 59.8 Å². The molecule has 0 saturated carbocycles. The molecule has 0 aliphatic heterocycles. The second-order valence-corrected chi connectivity index (χ2v) is 8.16. The monoisotopic (exact) mass is 493 g/mol. The molecule has 0 saturated heterocycles. The van der Waals surface area contributed by atoms with E-state index in [1.54, 1.807) is 42.1 Å². The second kappa shape index (κ2) is 9.26. The van der Waals surface area contributed by atoms with Crippen LogP contribution in [0.15, 0.2) is 77.9 Å². The Morgan fingerprint density at radius 1 is 0.889 bits per heavy atom. The number of benzene rings is 3. The number of pyridine rings is 1. The first-order valence-corrected chi connectivity index (χ1v) is 10.9. The second-order valence-electron chi connectivity index (χ2n) is 8.16. The van der Waals surface area contributed by atoms with E-state index in [-0.39, 0.29) is 29.2 Å². The molecule has 2 N–H and O–H groups in total. The topological polar surface area (TPSA) is 59.1 Å². The zero-order valence-corrected chi connectivity index (χ0v) is 18.9. The molecule has 9 heteroatoms. The summed E-state index contributed by atoms with van der Waals surface area (Å²) in [7, 11) is 1.71. The summed E-state index contributed by atoms with van der Waals surface area (Å²) in [6.45, 7) is -0.125. The first-order valence-electron chi connectivity index (χ1n) is 10.9. The Hall–Kier alpha value is -4.53. The van der Waals surface area contributed by atoms with Gasteiger partial charge in [0.2, 0.25) is 0 Å². The van der Waals surface area contributed by atoms with Crippen LogP contribution in [0.1, 0.15) is 5.56 Å². The van der Waals surface area contributed by atoms with Crippen LogP contribution < -0.4 is 15.6 Å². The molecule has 36 heavy (non-hydrogen) atoms. The number of aromatic amines is 1. The van der Waals surface area contributed by atoms with Crippen LogP contribution in [0.2, 0.25) is 0 Å². The van der Waals surface area contributed by atoms with Crippen molar-refractivity contribution in [3.05, 3.63) is 112 Å². The zero-order chi connectivity index (χ0) is 25.4. The SMILES string of the molecule is Cn1cc(-c2cc(NCc3c(F)cccc3F)ccc2Oc2ccc(F)cc2F)c2cc[nH]c(=O)c21. The fraction of sp³-hybridized carbons (Fsp3) is 0.0741. The molecular weight excluding hydrogens is 474 g/mol. The number of H-pyrrole nitrogens is 1. The van der Waals surface area contributed by atoms with Crippen LogP contribution in [-0.2, 0) is 13.6 Å². The molecule has 3 aromatic carbocycles. The number of ether oxygens (including phenoxy) is 1. The first kappa shape index (κ1) is 23.2. The molecule has 0 aliphatic rings. The number of aromatic nitrogens is 2. The van der Waals surface area contributed by atoms with Crippen LogP contribution in [0.5, 0.6) is 11.5 Å². The largest absolute Gasteiger partial charge is 0.454 e. The van der Waals surface area contributed by atoms with Crippen LogP contribution in [-0.4, -0.2) is 9.55 Å². The van der Waals surface area contributed by atoms with E-state index in [1.807, 2.05) is 0 Å². The standard InChI is InChI=1S/C27H19F4N3O2/c1-34-14-20(17-9-10-32-27(35)26(17)34)18-12-16(33-13-19-21(29)3-2-4-22(19)30)6-8-24(18)36-25-7-5-15(28)11-23(25)31/h2-12,14,33H,13H2,1H3,(H,32,35). The Morgan fingerprint density at radius 2 is 1.64 bits per heavy atom. The van der Waals surface area contributed by atoms with Gasteiger partial charge >= 0.3 is 0 Å². The summed E-state index contributed by atoms with van der Waals surface area (Å²) in [5.41, 5.74) is 1.59. The van der Waals surface area contributed by atoms with Crippen molar-refractivity contribution in [3.63, 3.8) is 0 Å². The Balaban J connectivity index is 1.60. The van der Waals surface area contributed by atoms with Gasteiger partial charge in [0.05, 0.1) is 0 Å². The van der Waals surface area contributed by atoms with Crippen molar-refractivity contribution in [1.82, 2.24) is 9.55 Å². The van der Waals surface area contributed by atoms with E-state index in [2.05, 4.69) is 10.3 Å². The van der Waals surface area contributed by atoms with E-state index >= 15 is 0 Å². The van der Waals surface area contributed by atoms with Crippen LogP contribution in [0.25, 0.3) is 22.0 Å². The summed E-state index contributed by atoms with van der Waals surface area (Å²) >= 11 is 0. The van der Waals surface area contributed by atoms with Crippen LogP contribution in [0, 0.1) is 23.3 Å². The third-order valence-electron chi connectivity index (χ3n) is 5.81. The summed E-state index contributed by atoms with van der Waals surface area (Å²) in [6, 6.07) is 13.2. The Labute approximate surface area is 202 Å². The summed E-state index contributed by atoms with van der Waals surface area (Å²) in [4.78, 5) is 15.0. The van der Waals surface area contributed by atoms with E-state index in [0.717, 1.165) is 6.07 Å². The molecule has 0 fully saturated rings. The molecule has 0 spiro atoms. The van der Waals surface area contributed by atoms with E-state index in [0.29, 0.717) is 33.8 Å². The summed E-state index contributed by atoms with van der Waals surface area (Å²) < 4.78 is 63.4. The molecule has 0 aliphatic carbocycles. The molecule has 2 heterocycles. The van der Waals surface area contributed by atoms with Crippen molar-refractivity contribution < 1.29 is 22.3 Å². The summed E-state index contributed by atoms with van der Waals surface area (Å²) in [6.07, 6.45) is 3.24. The highest BCUT2D eigenvalue weighted by Gasteiger charge is 2.18. The molecule has 0 unspecified atom stereocenters. The smallest absolute Gasteiger partial charge is 0.272 e. The third kappa shape index (κ3) is 4.31. The number of hydrogen-bond donors (Lipinski definition) is 2. The van der Waals surface area contributed by atoms with Gasteiger partial charge in [-0.15, -0.1) is 0 Å². The van der Waals surface area contributed by atoms with Crippen LogP contribution >= 0.6 is 0 Å². The van der Waals surface area contributed by atoms with Gasteiger partial charge in [-0.3, -0.25) is 4.79 Å². The van der Waals surface area contributed by atoms with Crippen LogP contribution in [0.4, 0.5) is 23.2 Å². The van der Waals surface area contributed by atoms with Crippen molar-refractivity contribution >= 4 is 16.6 Å². The molecule has 0 radical (unpaired) electrons. The third-order valence-corrected chi connectivity index (χ3v) is 5.81. The maximum atomic E-state index is 14.3. The highest BCUT2D eigenvalue weighted by atomic mass is 19.1. The van der Waals surface area contributed by atoms with E-state index in [1.165, 1.54) is 30.5 Å². The Morgan fingerprint density at radius 3 is 2.39 bits per heavy atom. The van der Waals surface area contributed by atoms with Gasteiger partial charge < -0.3 is 19.6 Å². The minimum absolute atomic E-state index is 0.121. The van der Waals surface area contributed by atoms with Gasteiger partial charge in [-0.25, -0.2) is 17.6 Å². The van der Waals surface area contributed by atoms with Gasteiger partial charge in [-0.1, -0.05) is 6.07 Å². The van der Waals surface area contributed by atoms with Gasteiger partial charge in [-0.2, -0.15) is 0 Å². The fourth-order valence-electron chi connectivity index (χ4n) is 4.09. The lowest BCUT2D eigenvalue weighted by Gasteiger charge is -2.15. The molecule has 0 amide bonds. The maximum Gasteiger partial charge on any atom is 0.272 e. The number of fused-ring (bicyclic) bond motifs is 1. The van der Waals surface area contributed by atoms with E-state index in [4.69, 9.17) is 4.74 Å². The minimum Gasteiger partial charge on any atom is -0.454 e. The van der Waals surface area contributed by atoms with Crippen molar-refractivity contribution in [1.29, 1.82) is 0 Å². The molecule has 0 bridgehead atoms. The molecular formula is C27H19F4N3O2. The molecule has 182 valence electrons. The predicted molar refractivity (Wildman–Crippen MR) is 129 cm³/mol. The lowest BCUT2D eigenvalue weighted by molar-refractivity contribution is 0.439. The number of nitrogens with one attached hydrogen (secondary N) is 2. The predicted octanol–water partition coefficient (Wildman–Crippen LogP) is 6.49. The molecule has 5 rings (SSSR count). The van der Waals surface area contributed by atoms with Gasteiger partial charge in [0.15, 0.2) is 11.6 Å². The molecule has 5 nitrogen and oxygen atoms in total.